The van der Waals surface area contributed by atoms with Crippen LogP contribution in [0.15, 0.2) is 46.9 Å². The molecule has 2 amide bonds. The third kappa shape index (κ3) is 4.91. The van der Waals surface area contributed by atoms with Gasteiger partial charge in [0.15, 0.2) is 5.11 Å². The van der Waals surface area contributed by atoms with Crippen molar-refractivity contribution in [3.63, 3.8) is 0 Å². The van der Waals surface area contributed by atoms with Crippen LogP contribution < -0.4 is 16.2 Å². The maximum atomic E-state index is 12.1. The Morgan fingerprint density at radius 1 is 0.958 bits per heavy atom. The largest absolute Gasteiger partial charge is 0.298 e. The number of hydrazine groups is 1. The number of thiocarbonyl (C=S) groups is 1. The standard InChI is InChI=1S/C15H10BrCl2N3O2S/c16-11-4-2-1-3-9(11)13(22)19-15(24)21-20-14(23)10-6-5-8(17)7-12(10)18/h1-7H,(H,20,23)(H2,19,21,22,24). The van der Waals surface area contributed by atoms with Crippen molar-refractivity contribution in [2.75, 3.05) is 0 Å². The van der Waals surface area contributed by atoms with Crippen molar-refractivity contribution >= 4 is 68.3 Å². The molecule has 0 heterocycles. The predicted molar refractivity (Wildman–Crippen MR) is 101 cm³/mol. The molecule has 0 saturated heterocycles. The lowest BCUT2D eigenvalue weighted by Crippen LogP contribution is -2.48. The first-order chi connectivity index (χ1) is 11.4. The van der Waals surface area contributed by atoms with E-state index in [0.29, 0.717) is 15.1 Å². The summed E-state index contributed by atoms with van der Waals surface area (Å²) in [4.78, 5) is 24.1. The Hall–Kier alpha value is -1.67. The highest BCUT2D eigenvalue weighted by Crippen LogP contribution is 2.20. The van der Waals surface area contributed by atoms with Gasteiger partial charge in [0.05, 0.1) is 16.1 Å². The molecule has 2 rings (SSSR count). The molecule has 0 unspecified atom stereocenters. The molecule has 0 fully saturated rings. The summed E-state index contributed by atoms with van der Waals surface area (Å²) in [6.45, 7) is 0. The van der Waals surface area contributed by atoms with Crippen LogP contribution in [0, 0.1) is 0 Å². The number of amides is 2. The SMILES string of the molecule is O=C(NNC(=S)NC(=O)c1ccccc1Br)c1ccc(Cl)cc1Cl. The number of hydrogen-bond acceptors (Lipinski definition) is 3. The van der Waals surface area contributed by atoms with Crippen LogP contribution in [0.4, 0.5) is 0 Å². The average molecular weight is 447 g/mol. The summed E-state index contributed by atoms with van der Waals surface area (Å²) in [5.74, 6) is -0.937. The molecule has 0 bridgehead atoms. The van der Waals surface area contributed by atoms with Gasteiger partial charge in [0, 0.05) is 9.50 Å². The summed E-state index contributed by atoms with van der Waals surface area (Å²) in [6.07, 6.45) is 0. The highest BCUT2D eigenvalue weighted by molar-refractivity contribution is 9.10. The monoisotopic (exact) mass is 445 g/mol. The van der Waals surface area contributed by atoms with Crippen LogP contribution in [0.2, 0.25) is 10.0 Å². The smallest absolute Gasteiger partial charge is 0.271 e. The lowest BCUT2D eigenvalue weighted by Gasteiger charge is -2.12. The lowest BCUT2D eigenvalue weighted by molar-refractivity contribution is 0.0934. The Morgan fingerprint density at radius 2 is 1.67 bits per heavy atom. The Kier molecular flexibility index (Phi) is 6.56. The molecular formula is C15H10BrCl2N3O2S. The van der Waals surface area contributed by atoms with Gasteiger partial charge in [-0.3, -0.25) is 25.8 Å². The second-order valence-electron chi connectivity index (χ2n) is 4.47. The number of nitrogens with one attached hydrogen (secondary N) is 3. The summed E-state index contributed by atoms with van der Waals surface area (Å²) >= 11 is 20.0. The van der Waals surface area contributed by atoms with Crippen molar-refractivity contribution < 1.29 is 9.59 Å². The van der Waals surface area contributed by atoms with Crippen molar-refractivity contribution in [2.24, 2.45) is 0 Å². The van der Waals surface area contributed by atoms with Crippen LogP contribution in [-0.4, -0.2) is 16.9 Å². The van der Waals surface area contributed by atoms with Crippen LogP contribution in [0.5, 0.6) is 0 Å². The minimum atomic E-state index is -0.519. The van der Waals surface area contributed by atoms with Crippen LogP contribution in [-0.2, 0) is 0 Å². The maximum Gasteiger partial charge on any atom is 0.271 e. The van der Waals surface area contributed by atoms with Gasteiger partial charge in [-0.2, -0.15) is 0 Å². The molecule has 24 heavy (non-hydrogen) atoms. The van der Waals surface area contributed by atoms with Gasteiger partial charge in [-0.05, 0) is 58.5 Å². The molecule has 3 N–H and O–H groups in total. The molecule has 0 aromatic heterocycles. The number of hydrogen-bond donors (Lipinski definition) is 3. The molecule has 0 atom stereocenters. The summed E-state index contributed by atoms with van der Waals surface area (Å²) in [7, 11) is 0. The zero-order chi connectivity index (χ0) is 17.7. The van der Waals surface area contributed by atoms with E-state index in [1.54, 1.807) is 24.3 Å². The molecule has 2 aromatic carbocycles. The summed E-state index contributed by atoms with van der Waals surface area (Å²) in [5.41, 5.74) is 5.41. The zero-order valence-electron chi connectivity index (χ0n) is 11.9. The van der Waals surface area contributed by atoms with E-state index in [2.05, 4.69) is 32.1 Å². The van der Waals surface area contributed by atoms with Crippen LogP contribution >= 0.6 is 51.3 Å². The van der Waals surface area contributed by atoms with Gasteiger partial charge in [-0.1, -0.05) is 35.3 Å². The van der Waals surface area contributed by atoms with Gasteiger partial charge < -0.3 is 0 Å². The van der Waals surface area contributed by atoms with Crippen LogP contribution in [0.25, 0.3) is 0 Å². The summed E-state index contributed by atoms with van der Waals surface area (Å²) in [6, 6.07) is 11.3. The van der Waals surface area contributed by atoms with Crippen LogP contribution in [0.3, 0.4) is 0 Å². The van der Waals surface area contributed by atoms with E-state index < -0.39 is 11.8 Å². The van der Waals surface area contributed by atoms with Crippen molar-refractivity contribution in [1.29, 1.82) is 0 Å². The Balaban J connectivity index is 1.92. The van der Waals surface area contributed by atoms with Gasteiger partial charge in [0.1, 0.15) is 0 Å². The maximum absolute atomic E-state index is 12.1. The second-order valence-corrected chi connectivity index (χ2v) is 6.57. The van der Waals surface area contributed by atoms with Crippen LogP contribution in [0.1, 0.15) is 20.7 Å². The van der Waals surface area contributed by atoms with Gasteiger partial charge >= 0.3 is 0 Å². The van der Waals surface area contributed by atoms with Crippen molar-refractivity contribution in [3.8, 4) is 0 Å². The van der Waals surface area contributed by atoms with Gasteiger partial charge in [-0.25, -0.2) is 0 Å². The highest BCUT2D eigenvalue weighted by atomic mass is 79.9. The zero-order valence-corrected chi connectivity index (χ0v) is 15.8. The van der Waals surface area contributed by atoms with Crippen molar-refractivity contribution in [2.45, 2.75) is 0 Å². The summed E-state index contributed by atoms with van der Waals surface area (Å²) < 4.78 is 0.627. The Morgan fingerprint density at radius 3 is 2.33 bits per heavy atom. The van der Waals surface area contributed by atoms with Gasteiger partial charge in [0.2, 0.25) is 0 Å². The third-order valence-electron chi connectivity index (χ3n) is 2.81. The minimum absolute atomic E-state index is 0.0609. The first kappa shape index (κ1) is 18.7. The van der Waals surface area contributed by atoms with E-state index in [-0.39, 0.29) is 15.7 Å². The quantitative estimate of drug-likeness (QED) is 0.485. The molecule has 0 spiro atoms. The average Bonchev–Trinajstić information content (AvgIpc) is 2.53. The fourth-order valence-electron chi connectivity index (χ4n) is 1.70. The number of carbonyl (C=O) groups is 2. The normalized spacial score (nSPS) is 9.96. The molecule has 0 aliphatic carbocycles. The fourth-order valence-corrected chi connectivity index (χ4v) is 2.80. The molecule has 0 aliphatic rings. The molecular weight excluding hydrogens is 437 g/mol. The number of benzene rings is 2. The first-order valence-electron chi connectivity index (χ1n) is 6.49. The second kappa shape index (κ2) is 8.43. The molecule has 0 aliphatic heterocycles. The molecule has 5 nitrogen and oxygen atoms in total. The first-order valence-corrected chi connectivity index (χ1v) is 8.45. The van der Waals surface area contributed by atoms with E-state index >= 15 is 0 Å². The highest BCUT2D eigenvalue weighted by Gasteiger charge is 2.13. The lowest BCUT2D eigenvalue weighted by atomic mass is 10.2. The third-order valence-corrected chi connectivity index (χ3v) is 4.25. The number of carbonyl (C=O) groups excluding carboxylic acids is 2. The number of rotatable bonds is 2. The van der Waals surface area contributed by atoms with Gasteiger partial charge in [0.25, 0.3) is 11.8 Å². The number of halogens is 3. The molecule has 2 aromatic rings. The van der Waals surface area contributed by atoms with Gasteiger partial charge in [-0.15, -0.1) is 0 Å². The van der Waals surface area contributed by atoms with Crippen molar-refractivity contribution in [1.82, 2.24) is 16.2 Å². The fraction of sp³-hybridized carbons (Fsp3) is 0. The molecule has 0 radical (unpaired) electrons. The van der Waals surface area contributed by atoms with E-state index in [0.717, 1.165) is 0 Å². The van der Waals surface area contributed by atoms with E-state index in [4.69, 9.17) is 35.4 Å². The van der Waals surface area contributed by atoms with Crippen molar-refractivity contribution in [3.05, 3.63) is 68.1 Å². The molecule has 124 valence electrons. The topological polar surface area (TPSA) is 70.2 Å². The Bertz CT molecular complexity index is 817. The molecule has 9 heteroatoms. The summed E-state index contributed by atoms with van der Waals surface area (Å²) in [5, 5.41) is 3.01. The Labute approximate surface area is 161 Å². The van der Waals surface area contributed by atoms with E-state index in [1.165, 1.54) is 18.2 Å². The predicted octanol–water partition coefficient (Wildman–Crippen LogP) is 3.71. The van der Waals surface area contributed by atoms with E-state index in [1.807, 2.05) is 0 Å². The minimum Gasteiger partial charge on any atom is -0.298 e. The van der Waals surface area contributed by atoms with E-state index in [9.17, 15) is 9.59 Å². The molecule has 0 saturated carbocycles.